The first-order valence-electron chi connectivity index (χ1n) is 5.16. The summed E-state index contributed by atoms with van der Waals surface area (Å²) in [5, 5.41) is 1.28. The molecule has 1 aromatic rings. The van der Waals surface area contributed by atoms with Crippen molar-refractivity contribution in [3.63, 3.8) is 0 Å². The molecule has 2 rings (SSSR count). The first-order chi connectivity index (χ1) is 7.16. The molecule has 1 saturated carbocycles. The van der Waals surface area contributed by atoms with E-state index >= 15 is 0 Å². The van der Waals surface area contributed by atoms with Crippen molar-refractivity contribution in [2.45, 2.75) is 31.7 Å². The maximum absolute atomic E-state index is 11.1. The normalized spacial score (nSPS) is 18.1. The van der Waals surface area contributed by atoms with Gasteiger partial charge in [0.1, 0.15) is 5.78 Å². The zero-order chi connectivity index (χ0) is 10.8. The third kappa shape index (κ3) is 2.61. The maximum Gasteiger partial charge on any atom is 0.133 e. The Hall–Kier alpha value is -0.350. The van der Waals surface area contributed by atoms with Gasteiger partial charge in [0, 0.05) is 25.9 Å². The van der Waals surface area contributed by atoms with Gasteiger partial charge in [0.2, 0.25) is 0 Å². The second-order valence-corrected chi connectivity index (χ2v) is 6.40. The van der Waals surface area contributed by atoms with Crippen LogP contribution in [0.1, 0.15) is 25.7 Å². The van der Waals surface area contributed by atoms with E-state index in [9.17, 15) is 4.79 Å². The number of hydrogen-bond acceptors (Lipinski definition) is 3. The van der Waals surface area contributed by atoms with E-state index in [-0.39, 0.29) is 0 Å². The summed E-state index contributed by atoms with van der Waals surface area (Å²) >= 11 is 5.22. The lowest BCUT2D eigenvalue weighted by Crippen LogP contribution is -2.34. The minimum absolute atomic E-state index is 0.423. The molecular formula is C11H14BrNOS. The van der Waals surface area contributed by atoms with E-state index in [2.05, 4.69) is 40.0 Å². The summed E-state index contributed by atoms with van der Waals surface area (Å²) in [6.45, 7) is 0. The molecule has 1 heterocycles. The summed E-state index contributed by atoms with van der Waals surface area (Å²) in [6.07, 6.45) is 3.51. The molecule has 2 nitrogen and oxygen atoms in total. The molecule has 1 fully saturated rings. The smallest absolute Gasteiger partial charge is 0.133 e. The van der Waals surface area contributed by atoms with Gasteiger partial charge in [-0.2, -0.15) is 0 Å². The summed E-state index contributed by atoms with van der Waals surface area (Å²) in [5.74, 6) is 0.423. The molecule has 0 radical (unpaired) electrons. The molecule has 15 heavy (non-hydrogen) atoms. The largest absolute Gasteiger partial charge is 0.363 e. The monoisotopic (exact) mass is 287 g/mol. The first-order valence-corrected chi connectivity index (χ1v) is 6.77. The number of carbonyl (C=O) groups is 1. The zero-order valence-corrected chi connectivity index (χ0v) is 11.1. The van der Waals surface area contributed by atoms with E-state index in [1.165, 1.54) is 5.00 Å². The Morgan fingerprint density at radius 2 is 2.07 bits per heavy atom. The Morgan fingerprint density at radius 3 is 2.60 bits per heavy atom. The second kappa shape index (κ2) is 4.66. The van der Waals surface area contributed by atoms with E-state index < -0.39 is 0 Å². The molecular weight excluding hydrogens is 274 g/mol. The van der Waals surface area contributed by atoms with Crippen molar-refractivity contribution in [2.75, 3.05) is 11.9 Å². The molecule has 0 atom stereocenters. The van der Waals surface area contributed by atoms with Crippen LogP contribution >= 0.6 is 27.3 Å². The van der Waals surface area contributed by atoms with Gasteiger partial charge in [0.15, 0.2) is 0 Å². The summed E-state index contributed by atoms with van der Waals surface area (Å²) in [7, 11) is 2.12. The van der Waals surface area contributed by atoms with Gasteiger partial charge in [0.05, 0.1) is 8.79 Å². The third-order valence-electron chi connectivity index (χ3n) is 2.97. The van der Waals surface area contributed by atoms with Crippen LogP contribution in [-0.2, 0) is 4.79 Å². The van der Waals surface area contributed by atoms with Gasteiger partial charge in [-0.25, -0.2) is 0 Å². The zero-order valence-electron chi connectivity index (χ0n) is 8.70. The predicted molar refractivity (Wildman–Crippen MR) is 67.7 cm³/mol. The highest BCUT2D eigenvalue weighted by Crippen LogP contribution is 2.32. The lowest BCUT2D eigenvalue weighted by molar-refractivity contribution is -0.120. The van der Waals surface area contributed by atoms with Crippen molar-refractivity contribution < 1.29 is 4.79 Å². The predicted octanol–water partition coefficient (Wildman–Crippen LogP) is 3.46. The number of halogens is 1. The van der Waals surface area contributed by atoms with E-state index in [0.29, 0.717) is 11.8 Å². The lowest BCUT2D eigenvalue weighted by atomic mass is 9.93. The summed E-state index contributed by atoms with van der Waals surface area (Å²) in [5.41, 5.74) is 0. The van der Waals surface area contributed by atoms with Gasteiger partial charge in [-0.15, -0.1) is 11.3 Å². The Bertz CT molecular complexity index is 353. The molecule has 0 N–H and O–H groups in total. The molecule has 82 valence electrons. The number of Topliss-reactive ketones (excluding diaryl/α,β-unsaturated/α-hetero) is 1. The number of hydrogen-bond donors (Lipinski definition) is 0. The van der Waals surface area contributed by atoms with Gasteiger partial charge in [-0.1, -0.05) is 0 Å². The molecule has 4 heteroatoms. The average molecular weight is 288 g/mol. The number of thiophene rings is 1. The highest BCUT2D eigenvalue weighted by atomic mass is 79.9. The highest BCUT2D eigenvalue weighted by Gasteiger charge is 2.22. The molecule has 0 unspecified atom stereocenters. The molecule has 1 aliphatic rings. The van der Waals surface area contributed by atoms with Crippen molar-refractivity contribution in [1.82, 2.24) is 0 Å². The Labute approximate surface area is 102 Å². The van der Waals surface area contributed by atoms with E-state index in [4.69, 9.17) is 0 Å². The van der Waals surface area contributed by atoms with Crippen molar-refractivity contribution in [1.29, 1.82) is 0 Å². The van der Waals surface area contributed by atoms with Crippen molar-refractivity contribution in [3.8, 4) is 0 Å². The number of ketones is 1. The second-order valence-electron chi connectivity index (χ2n) is 3.96. The van der Waals surface area contributed by atoms with Crippen LogP contribution in [0, 0.1) is 0 Å². The molecule has 0 spiro atoms. The van der Waals surface area contributed by atoms with E-state index in [1.54, 1.807) is 11.3 Å². The highest BCUT2D eigenvalue weighted by molar-refractivity contribution is 9.11. The molecule has 0 amide bonds. The molecule has 1 aliphatic carbocycles. The first kappa shape index (κ1) is 11.1. The lowest BCUT2D eigenvalue weighted by Gasteiger charge is -2.31. The van der Waals surface area contributed by atoms with Crippen LogP contribution in [0.2, 0.25) is 0 Å². The Kier molecular flexibility index (Phi) is 3.46. The molecule has 0 aromatic carbocycles. The van der Waals surface area contributed by atoms with Crippen LogP contribution in [-0.4, -0.2) is 18.9 Å². The quantitative estimate of drug-likeness (QED) is 0.830. The minimum Gasteiger partial charge on any atom is -0.363 e. The number of nitrogens with zero attached hydrogens (tertiary/aromatic N) is 1. The standard InChI is InChI=1S/C11H14BrNOS/c1-13(11-7-6-10(12)15-11)8-2-4-9(14)5-3-8/h6-8H,2-5H2,1H3. The van der Waals surface area contributed by atoms with Crippen LogP contribution in [0.15, 0.2) is 15.9 Å². The van der Waals surface area contributed by atoms with Crippen molar-refractivity contribution in [2.24, 2.45) is 0 Å². The topological polar surface area (TPSA) is 20.3 Å². The average Bonchev–Trinajstić information content (AvgIpc) is 2.65. The number of rotatable bonds is 2. The van der Waals surface area contributed by atoms with Crippen LogP contribution in [0.4, 0.5) is 5.00 Å². The van der Waals surface area contributed by atoms with E-state index in [1.807, 2.05) is 0 Å². The summed E-state index contributed by atoms with van der Waals surface area (Å²) < 4.78 is 1.16. The van der Waals surface area contributed by atoms with Crippen LogP contribution in [0.25, 0.3) is 0 Å². The van der Waals surface area contributed by atoms with Gasteiger partial charge in [0.25, 0.3) is 0 Å². The van der Waals surface area contributed by atoms with E-state index in [0.717, 1.165) is 29.5 Å². The summed E-state index contributed by atoms with van der Waals surface area (Å²) in [4.78, 5) is 13.5. The minimum atomic E-state index is 0.423. The molecule has 1 aromatic heterocycles. The fraction of sp³-hybridized carbons (Fsp3) is 0.545. The van der Waals surface area contributed by atoms with Gasteiger partial charge in [-0.05, 0) is 40.9 Å². The molecule has 0 saturated heterocycles. The fourth-order valence-electron chi connectivity index (χ4n) is 1.99. The van der Waals surface area contributed by atoms with Crippen molar-refractivity contribution in [3.05, 3.63) is 15.9 Å². The van der Waals surface area contributed by atoms with Gasteiger partial charge in [-0.3, -0.25) is 4.79 Å². The SMILES string of the molecule is CN(c1ccc(Br)s1)C1CCC(=O)CC1. The number of anilines is 1. The molecule has 0 aliphatic heterocycles. The Balaban J connectivity index is 2.02. The van der Waals surface area contributed by atoms with Crippen LogP contribution in [0.5, 0.6) is 0 Å². The van der Waals surface area contributed by atoms with Gasteiger partial charge < -0.3 is 4.90 Å². The maximum atomic E-state index is 11.1. The van der Waals surface area contributed by atoms with Crippen LogP contribution in [0.3, 0.4) is 0 Å². The molecule has 0 bridgehead atoms. The van der Waals surface area contributed by atoms with Crippen LogP contribution < -0.4 is 4.90 Å². The van der Waals surface area contributed by atoms with Crippen molar-refractivity contribution >= 4 is 38.1 Å². The third-order valence-corrected chi connectivity index (χ3v) is 4.68. The Morgan fingerprint density at radius 1 is 1.40 bits per heavy atom. The fourth-order valence-corrected chi connectivity index (χ4v) is 3.38. The van der Waals surface area contributed by atoms with Gasteiger partial charge >= 0.3 is 0 Å². The number of carbonyl (C=O) groups excluding carboxylic acids is 1. The summed E-state index contributed by atoms with van der Waals surface area (Å²) in [6, 6.07) is 4.74.